The molecule has 1 saturated carbocycles. The van der Waals surface area contributed by atoms with E-state index in [4.69, 9.17) is 0 Å². The summed E-state index contributed by atoms with van der Waals surface area (Å²) in [7, 11) is 0. The predicted molar refractivity (Wildman–Crippen MR) is 69.3 cm³/mol. The second kappa shape index (κ2) is 5.47. The third-order valence-corrected chi connectivity index (χ3v) is 4.84. The molecule has 1 fully saturated rings. The van der Waals surface area contributed by atoms with Gasteiger partial charge in [-0.15, -0.1) is 0 Å². The van der Waals surface area contributed by atoms with E-state index < -0.39 is 11.6 Å². The van der Waals surface area contributed by atoms with Gasteiger partial charge in [0.1, 0.15) is 0 Å². The normalized spacial score (nSPS) is 26.1. The molecule has 1 aliphatic rings. The standard InChI is InChI=1S/C14H17BrF2/c1-9-4-2-6-11(9)12(15)8-10-5-3-7-13(16)14(10)17/h3,5,7,9,11-12H,2,4,6,8H2,1H3. The molecule has 0 spiro atoms. The molecule has 1 aromatic rings. The van der Waals surface area contributed by atoms with E-state index >= 15 is 0 Å². The van der Waals surface area contributed by atoms with E-state index in [-0.39, 0.29) is 4.83 Å². The van der Waals surface area contributed by atoms with Crippen molar-refractivity contribution in [3.05, 3.63) is 35.4 Å². The largest absolute Gasteiger partial charge is 0.204 e. The third kappa shape index (κ3) is 2.87. The second-order valence-corrected chi connectivity index (χ2v) is 6.18. The van der Waals surface area contributed by atoms with Crippen LogP contribution < -0.4 is 0 Å². The first-order valence-electron chi connectivity index (χ1n) is 6.16. The van der Waals surface area contributed by atoms with Crippen molar-refractivity contribution in [2.75, 3.05) is 0 Å². The molecule has 0 amide bonds. The summed E-state index contributed by atoms with van der Waals surface area (Å²) < 4.78 is 26.6. The Bertz CT molecular complexity index is 392. The van der Waals surface area contributed by atoms with Crippen molar-refractivity contribution in [3.8, 4) is 0 Å². The minimum atomic E-state index is -0.748. The summed E-state index contributed by atoms with van der Waals surface area (Å²) in [5.41, 5.74) is 0.478. The van der Waals surface area contributed by atoms with Crippen LogP contribution in [-0.2, 0) is 6.42 Å². The fraction of sp³-hybridized carbons (Fsp3) is 0.571. The highest BCUT2D eigenvalue weighted by Crippen LogP contribution is 2.38. The summed E-state index contributed by atoms with van der Waals surface area (Å²) in [5, 5.41) is 0. The van der Waals surface area contributed by atoms with Gasteiger partial charge in [0.2, 0.25) is 0 Å². The molecule has 3 heteroatoms. The minimum Gasteiger partial charge on any atom is -0.204 e. The molecule has 0 saturated heterocycles. The average molecular weight is 303 g/mol. The van der Waals surface area contributed by atoms with Crippen molar-refractivity contribution in [1.82, 2.24) is 0 Å². The lowest BCUT2D eigenvalue weighted by Gasteiger charge is -2.22. The highest BCUT2D eigenvalue weighted by molar-refractivity contribution is 9.09. The Morgan fingerprint density at radius 2 is 2.12 bits per heavy atom. The molecule has 1 aliphatic carbocycles. The Morgan fingerprint density at radius 3 is 2.76 bits per heavy atom. The molecule has 0 aliphatic heterocycles. The Kier molecular flexibility index (Phi) is 4.18. The van der Waals surface area contributed by atoms with E-state index in [1.807, 2.05) is 0 Å². The first-order chi connectivity index (χ1) is 8.09. The molecule has 0 nitrogen and oxygen atoms in total. The molecule has 17 heavy (non-hydrogen) atoms. The van der Waals surface area contributed by atoms with E-state index in [0.717, 1.165) is 0 Å². The highest BCUT2D eigenvalue weighted by atomic mass is 79.9. The van der Waals surface area contributed by atoms with Crippen LogP contribution in [0.2, 0.25) is 0 Å². The number of alkyl halides is 1. The van der Waals surface area contributed by atoms with E-state index in [0.29, 0.717) is 23.8 Å². The summed E-state index contributed by atoms with van der Waals surface area (Å²) in [5.74, 6) is -0.182. The zero-order valence-electron chi connectivity index (χ0n) is 9.93. The van der Waals surface area contributed by atoms with Gasteiger partial charge in [0.25, 0.3) is 0 Å². The summed E-state index contributed by atoms with van der Waals surface area (Å²) in [6, 6.07) is 4.41. The Hall–Kier alpha value is -0.440. The second-order valence-electron chi connectivity index (χ2n) is 5.01. The van der Waals surface area contributed by atoms with Gasteiger partial charge in [-0.05, 0) is 36.3 Å². The van der Waals surface area contributed by atoms with Gasteiger partial charge in [-0.3, -0.25) is 0 Å². The van der Waals surface area contributed by atoms with Crippen molar-refractivity contribution >= 4 is 15.9 Å². The molecule has 0 radical (unpaired) electrons. The number of benzene rings is 1. The molecule has 0 heterocycles. The number of hydrogen-bond acceptors (Lipinski definition) is 0. The first kappa shape index (κ1) is 13.0. The molecule has 3 unspecified atom stereocenters. The van der Waals surface area contributed by atoms with Crippen LogP contribution >= 0.6 is 15.9 Å². The fourth-order valence-corrected chi connectivity index (χ4v) is 3.91. The summed E-state index contributed by atoms with van der Waals surface area (Å²) in [6.45, 7) is 2.24. The van der Waals surface area contributed by atoms with Crippen LogP contribution in [0.3, 0.4) is 0 Å². The molecular weight excluding hydrogens is 286 g/mol. The lowest BCUT2D eigenvalue weighted by molar-refractivity contribution is 0.402. The van der Waals surface area contributed by atoms with Crippen LogP contribution in [0.4, 0.5) is 8.78 Å². The maximum atomic E-state index is 13.6. The van der Waals surface area contributed by atoms with Crippen LogP contribution in [0.15, 0.2) is 18.2 Å². The molecule has 3 atom stereocenters. The monoisotopic (exact) mass is 302 g/mol. The molecular formula is C14H17BrF2. The van der Waals surface area contributed by atoms with E-state index in [1.165, 1.54) is 25.3 Å². The predicted octanol–water partition coefficient (Wildman–Crippen LogP) is 4.71. The van der Waals surface area contributed by atoms with Crippen LogP contribution in [0.1, 0.15) is 31.7 Å². The van der Waals surface area contributed by atoms with Crippen LogP contribution in [0.5, 0.6) is 0 Å². The molecule has 94 valence electrons. The van der Waals surface area contributed by atoms with E-state index in [9.17, 15) is 8.78 Å². The zero-order valence-corrected chi connectivity index (χ0v) is 11.5. The molecule has 0 N–H and O–H groups in total. The SMILES string of the molecule is CC1CCCC1C(Br)Cc1cccc(F)c1F. The van der Waals surface area contributed by atoms with Gasteiger partial charge in [-0.1, -0.05) is 47.8 Å². The minimum absolute atomic E-state index is 0.247. The molecule has 0 bridgehead atoms. The number of rotatable bonds is 3. The lowest BCUT2D eigenvalue weighted by atomic mass is 9.91. The average Bonchev–Trinajstić information content (AvgIpc) is 2.71. The van der Waals surface area contributed by atoms with E-state index in [1.54, 1.807) is 12.1 Å². The maximum absolute atomic E-state index is 13.6. The van der Waals surface area contributed by atoms with Crippen molar-refractivity contribution in [1.29, 1.82) is 0 Å². The van der Waals surface area contributed by atoms with Crippen molar-refractivity contribution < 1.29 is 8.78 Å². The van der Waals surface area contributed by atoms with Crippen molar-refractivity contribution in [2.45, 2.75) is 37.4 Å². The van der Waals surface area contributed by atoms with Gasteiger partial charge in [0.15, 0.2) is 11.6 Å². The van der Waals surface area contributed by atoms with Crippen LogP contribution in [-0.4, -0.2) is 4.83 Å². The third-order valence-electron chi connectivity index (χ3n) is 3.84. The van der Waals surface area contributed by atoms with Gasteiger partial charge in [-0.25, -0.2) is 8.78 Å². The van der Waals surface area contributed by atoms with Gasteiger partial charge < -0.3 is 0 Å². The summed E-state index contributed by atoms with van der Waals surface area (Å²) in [4.78, 5) is 0.247. The summed E-state index contributed by atoms with van der Waals surface area (Å²) >= 11 is 3.65. The van der Waals surface area contributed by atoms with Crippen LogP contribution in [0.25, 0.3) is 0 Å². The van der Waals surface area contributed by atoms with Crippen molar-refractivity contribution in [2.24, 2.45) is 11.8 Å². The fourth-order valence-electron chi connectivity index (χ4n) is 2.78. The van der Waals surface area contributed by atoms with Gasteiger partial charge in [0.05, 0.1) is 0 Å². The molecule has 2 rings (SSSR count). The van der Waals surface area contributed by atoms with Gasteiger partial charge in [-0.2, -0.15) is 0 Å². The Morgan fingerprint density at radius 1 is 1.35 bits per heavy atom. The highest BCUT2D eigenvalue weighted by Gasteiger charge is 2.29. The maximum Gasteiger partial charge on any atom is 0.162 e. The van der Waals surface area contributed by atoms with Crippen LogP contribution in [0, 0.1) is 23.5 Å². The lowest BCUT2D eigenvalue weighted by Crippen LogP contribution is -2.20. The Balaban J connectivity index is 2.07. The van der Waals surface area contributed by atoms with Gasteiger partial charge >= 0.3 is 0 Å². The van der Waals surface area contributed by atoms with E-state index in [2.05, 4.69) is 22.9 Å². The number of halogens is 3. The molecule has 1 aromatic carbocycles. The zero-order chi connectivity index (χ0) is 12.4. The first-order valence-corrected chi connectivity index (χ1v) is 7.08. The van der Waals surface area contributed by atoms with Crippen molar-refractivity contribution in [3.63, 3.8) is 0 Å². The summed E-state index contributed by atoms with van der Waals surface area (Å²) in [6.07, 6.45) is 4.25. The molecule has 0 aromatic heterocycles. The topological polar surface area (TPSA) is 0 Å². The quantitative estimate of drug-likeness (QED) is 0.710. The number of hydrogen-bond donors (Lipinski definition) is 0. The Labute approximate surface area is 110 Å². The van der Waals surface area contributed by atoms with Gasteiger partial charge in [0, 0.05) is 4.83 Å². The smallest absolute Gasteiger partial charge is 0.162 e.